The summed E-state index contributed by atoms with van der Waals surface area (Å²) in [5, 5.41) is 0. The number of amidine groups is 1. The van der Waals surface area contributed by atoms with Crippen LogP contribution in [-0.2, 0) is 15.0 Å². The Morgan fingerprint density at radius 3 is 2.92 bits per heavy atom. The highest BCUT2D eigenvalue weighted by Gasteiger charge is 2.54. The van der Waals surface area contributed by atoms with Crippen molar-refractivity contribution in [1.29, 1.82) is 0 Å². The third-order valence-electron chi connectivity index (χ3n) is 5.43. The lowest BCUT2D eigenvalue weighted by Crippen LogP contribution is -2.52. The molecule has 7 heteroatoms. The summed E-state index contributed by atoms with van der Waals surface area (Å²) in [5.41, 5.74) is 7.76. The molecule has 3 atom stereocenters. The largest absolute Gasteiger partial charge is 0.487 e. The molecule has 0 radical (unpaired) electrons. The molecule has 1 saturated heterocycles. The third kappa shape index (κ3) is 2.27. The molecule has 1 aromatic heterocycles. The summed E-state index contributed by atoms with van der Waals surface area (Å²) < 4.78 is 31.0. The third-order valence-corrected chi connectivity index (χ3v) is 5.43. The number of nitrogens with two attached hydrogens (primary N) is 1. The van der Waals surface area contributed by atoms with Crippen LogP contribution >= 0.6 is 0 Å². The van der Waals surface area contributed by atoms with Crippen LogP contribution < -0.4 is 10.5 Å². The first-order valence-electron chi connectivity index (χ1n) is 8.64. The number of aromatic nitrogens is 1. The van der Waals surface area contributed by atoms with Crippen molar-refractivity contribution in [1.82, 2.24) is 4.98 Å². The summed E-state index contributed by atoms with van der Waals surface area (Å²) in [4.78, 5) is 8.65. The number of fused-ring (bicyclic) bond motifs is 4. The van der Waals surface area contributed by atoms with Crippen LogP contribution in [0.25, 0.3) is 11.1 Å². The summed E-state index contributed by atoms with van der Waals surface area (Å²) >= 11 is 0. The topological polar surface area (TPSA) is 79.0 Å². The van der Waals surface area contributed by atoms with E-state index in [1.807, 2.05) is 18.2 Å². The highest BCUT2D eigenvalue weighted by molar-refractivity contribution is 5.75. The summed E-state index contributed by atoms with van der Waals surface area (Å²) in [7, 11) is 0. The maximum atomic E-state index is 13.6. The average Bonchev–Trinajstić information content (AvgIpc) is 3.04. The number of rotatable bonds is 1. The fourth-order valence-corrected chi connectivity index (χ4v) is 4.23. The van der Waals surface area contributed by atoms with Gasteiger partial charge in [0.05, 0.1) is 12.8 Å². The normalized spacial score (nSPS) is 29.3. The Morgan fingerprint density at radius 2 is 2.12 bits per heavy atom. The van der Waals surface area contributed by atoms with Gasteiger partial charge >= 0.3 is 0 Å². The van der Waals surface area contributed by atoms with E-state index in [1.54, 1.807) is 6.20 Å². The first-order chi connectivity index (χ1) is 12.7. The Bertz CT molecular complexity index is 903. The highest BCUT2D eigenvalue weighted by Crippen LogP contribution is 2.51. The van der Waals surface area contributed by atoms with Gasteiger partial charge in [0.25, 0.3) is 6.02 Å². The fourth-order valence-electron chi connectivity index (χ4n) is 4.23. The molecule has 4 heterocycles. The van der Waals surface area contributed by atoms with Gasteiger partial charge in [-0.2, -0.15) is 0 Å². The minimum atomic E-state index is -0.594. The first-order valence-corrected chi connectivity index (χ1v) is 8.64. The van der Waals surface area contributed by atoms with Crippen LogP contribution in [0.2, 0.25) is 0 Å². The number of pyridine rings is 1. The number of benzene rings is 1. The molecule has 6 nitrogen and oxygen atoms in total. The van der Waals surface area contributed by atoms with E-state index < -0.39 is 5.54 Å². The second kappa shape index (κ2) is 5.67. The number of halogens is 1. The zero-order chi connectivity index (χ0) is 17.7. The molecule has 3 aliphatic rings. The van der Waals surface area contributed by atoms with Crippen molar-refractivity contribution >= 4 is 6.02 Å². The number of hydrogen-bond donors (Lipinski definition) is 1. The van der Waals surface area contributed by atoms with Crippen LogP contribution in [-0.4, -0.2) is 36.9 Å². The quantitative estimate of drug-likeness (QED) is 0.849. The zero-order valence-corrected chi connectivity index (χ0v) is 14.0. The molecular formula is C19H18FN3O3. The summed E-state index contributed by atoms with van der Waals surface area (Å²) in [6, 6.07) is 7.44. The van der Waals surface area contributed by atoms with Crippen molar-refractivity contribution in [2.24, 2.45) is 16.6 Å². The molecule has 0 aliphatic carbocycles. The molecule has 134 valence electrons. The Labute approximate surface area is 149 Å². The summed E-state index contributed by atoms with van der Waals surface area (Å²) in [6.45, 7) is 1.56. The van der Waals surface area contributed by atoms with Gasteiger partial charge < -0.3 is 19.9 Å². The first kappa shape index (κ1) is 15.6. The molecule has 1 spiro atoms. The molecule has 0 amide bonds. The molecule has 3 aliphatic heterocycles. The SMILES string of the molecule is NC1=N[C@@]2(CO1)c1cc(-c3cncc(F)c3)ccc1O[C@H]1COCC[C@@H]12. The highest BCUT2D eigenvalue weighted by atomic mass is 19.1. The van der Waals surface area contributed by atoms with Crippen molar-refractivity contribution in [3.05, 3.63) is 48.0 Å². The van der Waals surface area contributed by atoms with E-state index in [2.05, 4.69) is 4.98 Å². The second-order valence-electron chi connectivity index (χ2n) is 6.89. The van der Waals surface area contributed by atoms with Crippen LogP contribution in [0.1, 0.15) is 12.0 Å². The molecule has 1 fully saturated rings. The maximum absolute atomic E-state index is 13.6. The minimum absolute atomic E-state index is 0.0869. The molecular weight excluding hydrogens is 337 g/mol. The van der Waals surface area contributed by atoms with Gasteiger partial charge in [-0.25, -0.2) is 9.38 Å². The molecule has 26 heavy (non-hydrogen) atoms. The minimum Gasteiger partial charge on any atom is -0.487 e. The van der Waals surface area contributed by atoms with Crippen molar-refractivity contribution in [3.63, 3.8) is 0 Å². The van der Waals surface area contributed by atoms with Gasteiger partial charge in [-0.15, -0.1) is 0 Å². The van der Waals surface area contributed by atoms with E-state index in [9.17, 15) is 4.39 Å². The van der Waals surface area contributed by atoms with Crippen molar-refractivity contribution in [2.75, 3.05) is 19.8 Å². The van der Waals surface area contributed by atoms with Crippen LogP contribution in [0.4, 0.5) is 4.39 Å². The van der Waals surface area contributed by atoms with E-state index >= 15 is 0 Å². The number of aliphatic imine (C=N–C) groups is 1. The average molecular weight is 355 g/mol. The van der Waals surface area contributed by atoms with Gasteiger partial charge in [0.15, 0.2) is 0 Å². The van der Waals surface area contributed by atoms with Crippen molar-refractivity contribution < 1.29 is 18.6 Å². The van der Waals surface area contributed by atoms with Crippen LogP contribution in [0.15, 0.2) is 41.7 Å². The van der Waals surface area contributed by atoms with Gasteiger partial charge in [0.1, 0.15) is 29.8 Å². The Balaban J connectivity index is 1.67. The van der Waals surface area contributed by atoms with Gasteiger partial charge in [-0.1, -0.05) is 6.07 Å². The second-order valence-corrected chi connectivity index (χ2v) is 6.89. The lowest BCUT2D eigenvalue weighted by molar-refractivity contribution is -0.0732. The number of ether oxygens (including phenoxy) is 3. The summed E-state index contributed by atoms with van der Waals surface area (Å²) in [6.07, 6.45) is 3.56. The Hall–Kier alpha value is -2.67. The molecule has 0 saturated carbocycles. The van der Waals surface area contributed by atoms with Crippen LogP contribution in [0, 0.1) is 11.7 Å². The van der Waals surface area contributed by atoms with E-state index in [0.717, 1.165) is 23.3 Å². The van der Waals surface area contributed by atoms with E-state index in [4.69, 9.17) is 24.9 Å². The van der Waals surface area contributed by atoms with Gasteiger partial charge in [0, 0.05) is 29.8 Å². The predicted octanol–water partition coefficient (Wildman–Crippen LogP) is 2.23. The number of hydrogen-bond acceptors (Lipinski definition) is 6. The predicted molar refractivity (Wildman–Crippen MR) is 92.2 cm³/mol. The molecule has 5 rings (SSSR count). The monoisotopic (exact) mass is 355 g/mol. The van der Waals surface area contributed by atoms with Crippen molar-refractivity contribution in [2.45, 2.75) is 18.1 Å². The zero-order valence-electron chi connectivity index (χ0n) is 14.0. The standard InChI is InChI=1S/C19H18FN3O3/c20-13-5-12(7-22-8-13)11-1-2-16-15(6-11)19(10-25-18(21)23-19)14-3-4-24-9-17(14)26-16/h1-2,5-8,14,17H,3-4,9-10H2,(H2,21,23)/t14-,17-,19+/m0/s1. The van der Waals surface area contributed by atoms with Crippen LogP contribution in [0.3, 0.4) is 0 Å². The molecule has 0 bridgehead atoms. The van der Waals surface area contributed by atoms with E-state index in [1.165, 1.54) is 12.3 Å². The molecule has 2 aromatic rings. The molecule has 2 N–H and O–H groups in total. The molecule has 1 aromatic carbocycles. The van der Waals surface area contributed by atoms with Gasteiger partial charge in [-0.3, -0.25) is 4.98 Å². The summed E-state index contributed by atoms with van der Waals surface area (Å²) in [5.74, 6) is 0.486. The van der Waals surface area contributed by atoms with Crippen molar-refractivity contribution in [3.8, 4) is 16.9 Å². The lowest BCUT2D eigenvalue weighted by atomic mass is 9.71. The van der Waals surface area contributed by atoms with Gasteiger partial charge in [0.2, 0.25) is 0 Å². The Kier molecular flexibility index (Phi) is 3.40. The fraction of sp³-hybridized carbons (Fsp3) is 0.368. The van der Waals surface area contributed by atoms with Crippen LogP contribution in [0.5, 0.6) is 5.75 Å². The maximum Gasteiger partial charge on any atom is 0.283 e. The number of nitrogens with zero attached hydrogens (tertiary/aromatic N) is 2. The molecule has 0 unspecified atom stereocenters. The van der Waals surface area contributed by atoms with E-state index in [-0.39, 0.29) is 23.9 Å². The van der Waals surface area contributed by atoms with Gasteiger partial charge in [-0.05, 0) is 30.2 Å². The Morgan fingerprint density at radius 1 is 1.19 bits per heavy atom. The lowest BCUT2D eigenvalue weighted by Gasteiger charge is -2.45. The van der Waals surface area contributed by atoms with E-state index in [0.29, 0.717) is 25.4 Å². The smallest absolute Gasteiger partial charge is 0.283 e.